The highest BCUT2D eigenvalue weighted by molar-refractivity contribution is 5.93. The van der Waals surface area contributed by atoms with Crippen molar-refractivity contribution in [3.63, 3.8) is 0 Å². The van der Waals surface area contributed by atoms with E-state index in [9.17, 15) is 4.39 Å². The van der Waals surface area contributed by atoms with Crippen LogP contribution in [0, 0.1) is 18.7 Å². The van der Waals surface area contributed by atoms with E-state index in [0.717, 1.165) is 64.4 Å². The summed E-state index contributed by atoms with van der Waals surface area (Å²) in [6, 6.07) is 16.5. The van der Waals surface area contributed by atoms with Gasteiger partial charge in [0, 0.05) is 59.3 Å². The van der Waals surface area contributed by atoms with Gasteiger partial charge in [0.2, 0.25) is 0 Å². The number of nitrogens with two attached hydrogens (primary N) is 1. The molecule has 196 valence electrons. The summed E-state index contributed by atoms with van der Waals surface area (Å²) in [4.78, 5) is 19.9. The largest absolute Gasteiger partial charge is 0.397 e. The van der Waals surface area contributed by atoms with Crippen molar-refractivity contribution in [1.29, 1.82) is 0 Å². The van der Waals surface area contributed by atoms with Crippen LogP contribution in [0.4, 0.5) is 10.1 Å². The van der Waals surface area contributed by atoms with Gasteiger partial charge in [0.1, 0.15) is 5.82 Å². The zero-order chi connectivity index (χ0) is 27.2. The first-order valence-electron chi connectivity index (χ1n) is 13.1. The third-order valence-corrected chi connectivity index (χ3v) is 7.01. The van der Waals surface area contributed by atoms with Gasteiger partial charge < -0.3 is 10.7 Å². The second-order valence-corrected chi connectivity index (χ2v) is 9.75. The van der Waals surface area contributed by atoms with Crippen LogP contribution >= 0.6 is 0 Å². The molecule has 1 aromatic carbocycles. The predicted molar refractivity (Wildman–Crippen MR) is 155 cm³/mol. The van der Waals surface area contributed by atoms with Crippen LogP contribution in [0.1, 0.15) is 36.2 Å². The zero-order valence-electron chi connectivity index (χ0n) is 21.8. The Balaban J connectivity index is 0.00000151. The number of H-pyrrole nitrogens is 1. The van der Waals surface area contributed by atoms with Crippen LogP contribution in [0.15, 0.2) is 73.2 Å². The highest BCUT2D eigenvalue weighted by atomic mass is 19.1. The molecule has 0 unspecified atom stereocenters. The lowest BCUT2D eigenvalue weighted by Gasteiger charge is -2.26. The van der Waals surface area contributed by atoms with E-state index in [4.69, 9.17) is 10.7 Å². The molecule has 3 N–H and O–H groups in total. The van der Waals surface area contributed by atoms with E-state index in [1.54, 1.807) is 12.3 Å². The number of nitrogens with zero attached hydrogens (tertiary/aromatic N) is 4. The van der Waals surface area contributed by atoms with E-state index in [1.165, 1.54) is 37.0 Å². The lowest BCUT2D eigenvalue weighted by Crippen LogP contribution is -2.29. The number of anilines is 1. The lowest BCUT2D eigenvalue weighted by molar-refractivity contribution is 0.220. The van der Waals surface area contributed by atoms with Gasteiger partial charge in [0.15, 0.2) is 0 Å². The van der Waals surface area contributed by atoms with Crippen LogP contribution in [0.3, 0.4) is 0 Å². The molecule has 7 heteroatoms. The molecule has 1 saturated heterocycles. The highest BCUT2D eigenvalue weighted by Crippen LogP contribution is 2.29. The minimum absolute atomic E-state index is 0.282. The number of likely N-dealkylation sites (tertiary alicyclic amines) is 1. The van der Waals surface area contributed by atoms with Crippen molar-refractivity contribution < 1.29 is 4.39 Å². The number of hydrogen-bond donors (Lipinski definition) is 2. The Morgan fingerprint density at radius 1 is 0.949 bits per heavy atom. The molecule has 0 saturated carbocycles. The Bertz CT molecular complexity index is 1600. The second kappa shape index (κ2) is 11.9. The molecule has 0 radical (unpaired) electrons. The summed E-state index contributed by atoms with van der Waals surface area (Å²) in [5.74, 6) is -0.282. The molecule has 0 amide bonds. The Labute approximate surface area is 228 Å². The van der Waals surface area contributed by atoms with E-state index in [2.05, 4.69) is 44.8 Å². The average molecular weight is 519 g/mol. The number of fused-ring (bicyclic) bond motifs is 1. The van der Waals surface area contributed by atoms with Crippen molar-refractivity contribution in [2.45, 2.75) is 32.2 Å². The topological polar surface area (TPSA) is 83.7 Å². The van der Waals surface area contributed by atoms with Crippen LogP contribution in [0.5, 0.6) is 0 Å². The van der Waals surface area contributed by atoms with Gasteiger partial charge in [-0.05, 0) is 74.0 Å². The van der Waals surface area contributed by atoms with Gasteiger partial charge >= 0.3 is 0 Å². The standard InChI is InChI=1S/C30H29FN6.C2H2/c31-23-6-4-5-21(14-23)30-25-15-24(35-28(25)9-10-34-30)16-29-26(32)7-8-27(36-29)22-13-20(17-33-18-22)19-37-11-2-1-3-12-37;1-2/h4-10,13-15,17-18,35H,1-3,11-12,16,19,32H2;1-2H. The van der Waals surface area contributed by atoms with E-state index >= 15 is 0 Å². The molecule has 5 heterocycles. The number of aromatic nitrogens is 4. The summed E-state index contributed by atoms with van der Waals surface area (Å²) in [6.07, 6.45) is 17.9. The first kappa shape index (κ1) is 26.1. The molecule has 1 aliphatic heterocycles. The van der Waals surface area contributed by atoms with Gasteiger partial charge in [-0.3, -0.25) is 19.9 Å². The van der Waals surface area contributed by atoms with E-state index in [1.807, 2.05) is 36.7 Å². The van der Waals surface area contributed by atoms with E-state index in [0.29, 0.717) is 12.1 Å². The molecule has 0 aliphatic carbocycles. The van der Waals surface area contributed by atoms with E-state index in [-0.39, 0.29) is 5.82 Å². The SMILES string of the molecule is C#C.Nc1ccc(-c2cncc(CN3CCCCC3)c2)nc1Cc1cc2c(-c3cccc(F)c3)nccc2[nH]1. The predicted octanol–water partition coefficient (Wildman–Crippen LogP) is 6.23. The maximum atomic E-state index is 13.8. The molecule has 39 heavy (non-hydrogen) atoms. The van der Waals surface area contributed by atoms with Gasteiger partial charge in [-0.25, -0.2) is 4.39 Å². The van der Waals surface area contributed by atoms with Crippen LogP contribution in [0.25, 0.3) is 33.4 Å². The van der Waals surface area contributed by atoms with Crippen molar-refractivity contribution in [3.05, 3.63) is 96.0 Å². The Morgan fingerprint density at radius 2 is 1.79 bits per heavy atom. The minimum Gasteiger partial charge on any atom is -0.397 e. The second-order valence-electron chi connectivity index (χ2n) is 9.75. The molecule has 4 aromatic heterocycles. The number of nitrogen functional groups attached to an aromatic ring is 1. The molecule has 1 aliphatic rings. The monoisotopic (exact) mass is 518 g/mol. The molecular formula is C32H31FN6. The number of pyridine rings is 3. The summed E-state index contributed by atoms with van der Waals surface area (Å²) in [7, 11) is 0. The number of piperidine rings is 1. The van der Waals surface area contributed by atoms with Crippen LogP contribution in [-0.4, -0.2) is 37.9 Å². The third-order valence-electron chi connectivity index (χ3n) is 7.01. The maximum Gasteiger partial charge on any atom is 0.123 e. The normalized spacial score (nSPS) is 13.6. The number of terminal acetylenes is 1. The number of benzene rings is 1. The van der Waals surface area contributed by atoms with Crippen LogP contribution in [-0.2, 0) is 13.0 Å². The molecule has 0 bridgehead atoms. The van der Waals surface area contributed by atoms with Gasteiger partial charge in [-0.1, -0.05) is 18.6 Å². The summed E-state index contributed by atoms with van der Waals surface area (Å²) >= 11 is 0. The number of nitrogens with one attached hydrogen (secondary N) is 1. The van der Waals surface area contributed by atoms with Gasteiger partial charge in [-0.2, -0.15) is 0 Å². The maximum absolute atomic E-state index is 13.8. The van der Waals surface area contributed by atoms with Crippen molar-refractivity contribution in [3.8, 4) is 35.4 Å². The molecule has 0 atom stereocenters. The summed E-state index contributed by atoms with van der Waals surface area (Å²) in [6.45, 7) is 3.21. The third kappa shape index (κ3) is 5.97. The molecule has 0 spiro atoms. The Kier molecular flexibility index (Phi) is 7.95. The summed E-state index contributed by atoms with van der Waals surface area (Å²) < 4.78 is 13.8. The quantitative estimate of drug-likeness (QED) is 0.260. The Hall–Kier alpha value is -4.54. The van der Waals surface area contributed by atoms with Crippen molar-refractivity contribution >= 4 is 16.6 Å². The zero-order valence-corrected chi connectivity index (χ0v) is 21.8. The van der Waals surface area contributed by atoms with Crippen LogP contribution in [0.2, 0.25) is 0 Å². The molecular weight excluding hydrogens is 487 g/mol. The van der Waals surface area contributed by atoms with E-state index < -0.39 is 0 Å². The molecule has 5 aromatic rings. The first-order valence-corrected chi connectivity index (χ1v) is 13.1. The molecule has 1 fully saturated rings. The molecule has 6 nitrogen and oxygen atoms in total. The van der Waals surface area contributed by atoms with Crippen molar-refractivity contribution in [2.24, 2.45) is 0 Å². The summed E-state index contributed by atoms with van der Waals surface area (Å²) in [5.41, 5.74) is 14.2. The molecule has 6 rings (SSSR count). The first-order chi connectivity index (χ1) is 19.1. The average Bonchev–Trinajstić information content (AvgIpc) is 3.39. The van der Waals surface area contributed by atoms with Crippen LogP contribution < -0.4 is 5.73 Å². The smallest absolute Gasteiger partial charge is 0.123 e. The van der Waals surface area contributed by atoms with Gasteiger partial charge in [0.25, 0.3) is 0 Å². The number of halogens is 1. The number of aromatic amines is 1. The fourth-order valence-electron chi connectivity index (χ4n) is 5.16. The lowest BCUT2D eigenvalue weighted by atomic mass is 10.1. The van der Waals surface area contributed by atoms with Gasteiger partial charge in [-0.15, -0.1) is 12.8 Å². The number of rotatable bonds is 6. The van der Waals surface area contributed by atoms with Gasteiger partial charge in [0.05, 0.1) is 22.8 Å². The minimum atomic E-state index is -0.282. The highest BCUT2D eigenvalue weighted by Gasteiger charge is 2.14. The fourth-order valence-corrected chi connectivity index (χ4v) is 5.16. The van der Waals surface area contributed by atoms with Crippen molar-refractivity contribution in [1.82, 2.24) is 24.8 Å². The number of hydrogen-bond acceptors (Lipinski definition) is 5. The summed E-state index contributed by atoms with van der Waals surface area (Å²) in [5, 5.41) is 0.937. The Morgan fingerprint density at radius 3 is 2.62 bits per heavy atom. The van der Waals surface area contributed by atoms with Crippen molar-refractivity contribution in [2.75, 3.05) is 18.8 Å². The fraction of sp³-hybridized carbons (Fsp3) is 0.219.